The van der Waals surface area contributed by atoms with Crippen LogP contribution in [0.2, 0.25) is 0 Å². The lowest BCUT2D eigenvalue weighted by Crippen LogP contribution is -2.43. The van der Waals surface area contributed by atoms with Gasteiger partial charge in [-0.3, -0.25) is 14.4 Å². The van der Waals surface area contributed by atoms with Gasteiger partial charge in [0.25, 0.3) is 5.91 Å². The second-order valence-electron chi connectivity index (χ2n) is 5.98. The van der Waals surface area contributed by atoms with Crippen molar-refractivity contribution in [2.45, 2.75) is 25.7 Å². The molecule has 7 heteroatoms. The molecular weight excluding hydrogens is 312 g/mol. The van der Waals surface area contributed by atoms with Gasteiger partial charge in [-0.2, -0.15) is 0 Å². The zero-order valence-electron chi connectivity index (χ0n) is 14.2. The first-order chi connectivity index (χ1) is 11.5. The topological polar surface area (TPSA) is 80.1 Å². The fraction of sp³-hybridized carbons (Fsp3) is 0.588. The van der Waals surface area contributed by atoms with Crippen LogP contribution in [0, 0.1) is 5.92 Å². The number of carbonyl (C=O) groups is 3. The van der Waals surface area contributed by atoms with Gasteiger partial charge in [-0.1, -0.05) is 0 Å². The molecule has 1 fully saturated rings. The van der Waals surface area contributed by atoms with Crippen molar-refractivity contribution in [3.8, 4) is 0 Å². The van der Waals surface area contributed by atoms with Gasteiger partial charge >= 0.3 is 5.97 Å². The molecule has 7 nitrogen and oxygen atoms in total. The van der Waals surface area contributed by atoms with Crippen molar-refractivity contribution in [1.82, 2.24) is 9.80 Å². The largest absolute Gasteiger partial charge is 0.469 e. The molecule has 2 amide bonds. The lowest BCUT2D eigenvalue weighted by Gasteiger charge is -2.32. The number of ether oxygens (including phenoxy) is 1. The van der Waals surface area contributed by atoms with E-state index in [1.54, 1.807) is 29.0 Å². The summed E-state index contributed by atoms with van der Waals surface area (Å²) in [4.78, 5) is 39.1. The van der Waals surface area contributed by atoms with E-state index in [1.807, 2.05) is 0 Å². The summed E-state index contributed by atoms with van der Waals surface area (Å²) in [5.74, 6) is -0.0589. The Balaban J connectivity index is 1.75. The van der Waals surface area contributed by atoms with Crippen LogP contribution in [-0.2, 0) is 14.3 Å². The highest BCUT2D eigenvalue weighted by Crippen LogP contribution is 2.21. The fourth-order valence-corrected chi connectivity index (χ4v) is 2.87. The molecule has 132 valence electrons. The van der Waals surface area contributed by atoms with Gasteiger partial charge in [-0.25, -0.2) is 0 Å². The molecule has 0 N–H and O–H groups in total. The summed E-state index contributed by atoms with van der Waals surface area (Å²) in [5, 5.41) is 0. The van der Waals surface area contributed by atoms with Gasteiger partial charge in [-0.15, -0.1) is 0 Å². The SMILES string of the molecule is COC(=O)CCCN(C)C(=O)C1CCN(C(=O)c2ccco2)CC1. The predicted molar refractivity (Wildman–Crippen MR) is 86.2 cm³/mol. The van der Waals surface area contributed by atoms with Crippen LogP contribution >= 0.6 is 0 Å². The van der Waals surface area contributed by atoms with Crippen LogP contribution in [0.25, 0.3) is 0 Å². The van der Waals surface area contributed by atoms with Crippen molar-refractivity contribution < 1.29 is 23.5 Å². The molecule has 1 aliphatic heterocycles. The summed E-state index contributed by atoms with van der Waals surface area (Å²) in [6, 6.07) is 3.33. The molecule has 0 saturated carbocycles. The number of likely N-dealkylation sites (tertiary alicyclic amines) is 1. The number of hydrogen-bond donors (Lipinski definition) is 0. The third-order valence-electron chi connectivity index (χ3n) is 4.34. The third kappa shape index (κ3) is 4.59. The molecule has 0 aromatic carbocycles. The van der Waals surface area contributed by atoms with Gasteiger partial charge in [-0.05, 0) is 31.4 Å². The summed E-state index contributed by atoms with van der Waals surface area (Å²) < 4.78 is 9.72. The van der Waals surface area contributed by atoms with E-state index >= 15 is 0 Å². The summed E-state index contributed by atoms with van der Waals surface area (Å²) in [5.41, 5.74) is 0. The van der Waals surface area contributed by atoms with Crippen LogP contribution in [0.1, 0.15) is 36.2 Å². The molecule has 1 aliphatic rings. The average molecular weight is 336 g/mol. The summed E-state index contributed by atoms with van der Waals surface area (Å²) in [6.07, 6.45) is 3.67. The lowest BCUT2D eigenvalue weighted by atomic mass is 9.95. The zero-order valence-corrected chi connectivity index (χ0v) is 14.2. The number of amides is 2. The standard InChI is InChI=1S/C17H24N2O5/c1-18(9-3-6-15(20)23-2)16(21)13-7-10-19(11-8-13)17(22)14-5-4-12-24-14/h4-5,12-13H,3,6-11H2,1-2H3. The number of furan rings is 1. The van der Waals surface area contributed by atoms with Crippen molar-refractivity contribution in [2.75, 3.05) is 33.8 Å². The highest BCUT2D eigenvalue weighted by Gasteiger charge is 2.30. The van der Waals surface area contributed by atoms with Crippen molar-refractivity contribution in [1.29, 1.82) is 0 Å². The normalized spacial score (nSPS) is 15.2. The Bertz CT molecular complexity index is 562. The van der Waals surface area contributed by atoms with E-state index in [0.717, 1.165) is 0 Å². The van der Waals surface area contributed by atoms with Gasteiger partial charge in [0.1, 0.15) is 0 Å². The van der Waals surface area contributed by atoms with Crippen molar-refractivity contribution in [3.05, 3.63) is 24.2 Å². The predicted octanol–water partition coefficient (Wildman–Crippen LogP) is 1.54. The minimum absolute atomic E-state index is 0.0740. The summed E-state index contributed by atoms with van der Waals surface area (Å²) >= 11 is 0. The first-order valence-corrected chi connectivity index (χ1v) is 8.17. The van der Waals surface area contributed by atoms with Crippen LogP contribution < -0.4 is 0 Å². The van der Waals surface area contributed by atoms with E-state index in [2.05, 4.69) is 4.74 Å². The Morgan fingerprint density at radius 1 is 1.33 bits per heavy atom. The van der Waals surface area contributed by atoms with E-state index < -0.39 is 0 Å². The average Bonchev–Trinajstić information content (AvgIpc) is 3.14. The van der Waals surface area contributed by atoms with Crippen LogP contribution in [0.5, 0.6) is 0 Å². The van der Waals surface area contributed by atoms with Gasteiger partial charge in [0, 0.05) is 39.0 Å². The van der Waals surface area contributed by atoms with Crippen LogP contribution in [-0.4, -0.2) is 61.4 Å². The Kier molecular flexibility index (Phi) is 6.40. The maximum Gasteiger partial charge on any atom is 0.305 e. The van der Waals surface area contributed by atoms with Crippen LogP contribution in [0.4, 0.5) is 0 Å². The zero-order chi connectivity index (χ0) is 17.5. The van der Waals surface area contributed by atoms with Crippen molar-refractivity contribution >= 4 is 17.8 Å². The Hall–Kier alpha value is -2.31. The molecule has 0 radical (unpaired) electrons. The summed E-state index contributed by atoms with van der Waals surface area (Å²) in [7, 11) is 3.11. The highest BCUT2D eigenvalue weighted by molar-refractivity contribution is 5.91. The molecule has 0 aliphatic carbocycles. The smallest absolute Gasteiger partial charge is 0.305 e. The van der Waals surface area contributed by atoms with Gasteiger partial charge in [0.15, 0.2) is 5.76 Å². The van der Waals surface area contributed by atoms with Gasteiger partial charge in [0.2, 0.25) is 5.91 Å². The number of rotatable bonds is 6. The highest BCUT2D eigenvalue weighted by atomic mass is 16.5. The number of methoxy groups -OCH3 is 1. The third-order valence-corrected chi connectivity index (χ3v) is 4.34. The van der Waals surface area contributed by atoms with E-state index in [4.69, 9.17) is 4.42 Å². The second-order valence-corrected chi connectivity index (χ2v) is 5.98. The van der Waals surface area contributed by atoms with Gasteiger partial charge < -0.3 is 19.0 Å². The molecule has 0 unspecified atom stereocenters. The second kappa shape index (κ2) is 8.52. The molecule has 2 rings (SSSR count). The quantitative estimate of drug-likeness (QED) is 0.736. The maximum atomic E-state index is 12.4. The lowest BCUT2D eigenvalue weighted by molar-refractivity contribution is -0.141. The first-order valence-electron chi connectivity index (χ1n) is 8.17. The van der Waals surface area contributed by atoms with E-state index in [-0.39, 0.29) is 23.7 Å². The van der Waals surface area contributed by atoms with E-state index in [0.29, 0.717) is 51.1 Å². The van der Waals surface area contributed by atoms with Crippen LogP contribution in [0.3, 0.4) is 0 Å². The molecule has 0 spiro atoms. The number of esters is 1. The number of nitrogens with zero attached hydrogens (tertiary/aromatic N) is 2. The number of hydrogen-bond acceptors (Lipinski definition) is 5. The molecule has 0 bridgehead atoms. The first kappa shape index (κ1) is 18.0. The molecule has 1 aromatic heterocycles. The fourth-order valence-electron chi connectivity index (χ4n) is 2.87. The Morgan fingerprint density at radius 2 is 2.04 bits per heavy atom. The van der Waals surface area contributed by atoms with Gasteiger partial charge in [0.05, 0.1) is 13.4 Å². The molecule has 1 aromatic rings. The number of carbonyl (C=O) groups excluding carboxylic acids is 3. The number of piperidine rings is 1. The molecule has 24 heavy (non-hydrogen) atoms. The Morgan fingerprint density at radius 3 is 2.62 bits per heavy atom. The molecule has 0 atom stereocenters. The summed E-state index contributed by atoms with van der Waals surface area (Å²) in [6.45, 7) is 1.62. The minimum atomic E-state index is -0.263. The molecular formula is C17H24N2O5. The van der Waals surface area contributed by atoms with Crippen molar-refractivity contribution in [3.63, 3.8) is 0 Å². The molecule has 2 heterocycles. The molecule has 1 saturated heterocycles. The monoisotopic (exact) mass is 336 g/mol. The van der Waals surface area contributed by atoms with Crippen LogP contribution in [0.15, 0.2) is 22.8 Å². The minimum Gasteiger partial charge on any atom is -0.469 e. The van der Waals surface area contributed by atoms with E-state index in [1.165, 1.54) is 13.4 Å². The van der Waals surface area contributed by atoms with E-state index in [9.17, 15) is 14.4 Å². The maximum absolute atomic E-state index is 12.4. The Labute approximate surface area is 141 Å². The van der Waals surface area contributed by atoms with Crippen molar-refractivity contribution in [2.24, 2.45) is 5.92 Å².